The smallest absolute Gasteiger partial charge is 0.271 e. The second kappa shape index (κ2) is 8.29. The van der Waals surface area contributed by atoms with E-state index in [-0.39, 0.29) is 20.4 Å². The predicted octanol–water partition coefficient (Wildman–Crippen LogP) is 2.31. The molecule has 2 aromatic carbocycles. The fourth-order valence-electron chi connectivity index (χ4n) is 2.24. The largest absolute Gasteiger partial charge is 0.278 e. The number of nitrogens with one attached hydrogen (secondary N) is 3. The van der Waals surface area contributed by atoms with E-state index >= 15 is 0 Å². The summed E-state index contributed by atoms with van der Waals surface area (Å²) in [6.07, 6.45) is 0. The Morgan fingerprint density at radius 3 is 2.21 bits per heavy atom. The number of amides is 1. The zero-order valence-electron chi connectivity index (χ0n) is 14.5. The summed E-state index contributed by atoms with van der Waals surface area (Å²) in [6.45, 7) is 0. The maximum atomic E-state index is 13.0. The van der Waals surface area contributed by atoms with E-state index in [1.807, 2.05) is 10.3 Å². The molecule has 0 atom stereocenters. The van der Waals surface area contributed by atoms with Gasteiger partial charge in [-0.2, -0.15) is 0 Å². The number of benzene rings is 2. The molecule has 0 aliphatic carbocycles. The van der Waals surface area contributed by atoms with Gasteiger partial charge in [-0.3, -0.25) is 14.9 Å². The third kappa shape index (κ3) is 4.98. The summed E-state index contributed by atoms with van der Waals surface area (Å²) >= 11 is 1.01. The molecule has 12 heteroatoms. The van der Waals surface area contributed by atoms with Crippen LogP contribution in [-0.4, -0.2) is 22.7 Å². The van der Waals surface area contributed by atoms with Gasteiger partial charge < -0.3 is 0 Å². The van der Waals surface area contributed by atoms with E-state index in [9.17, 15) is 26.0 Å². The first-order valence-electron chi connectivity index (χ1n) is 7.92. The highest BCUT2D eigenvalue weighted by atomic mass is 32.2. The summed E-state index contributed by atoms with van der Waals surface area (Å²) in [7, 11) is -8.05. The minimum atomic E-state index is -4.15. The number of hydrogen-bond donors (Lipinski definition) is 3. The molecule has 0 fully saturated rings. The number of sulfonamides is 2. The first-order chi connectivity index (χ1) is 13.7. The van der Waals surface area contributed by atoms with Crippen molar-refractivity contribution >= 4 is 43.0 Å². The molecule has 0 aliphatic heterocycles. The number of anilines is 1. The SMILES string of the molecule is O=C(NNS(=O)(=O)c1ccc(F)cc1)c1ccccc1NS(=O)(=O)c1cccs1. The van der Waals surface area contributed by atoms with Gasteiger partial charge in [0.05, 0.1) is 16.1 Å². The van der Waals surface area contributed by atoms with Crippen molar-refractivity contribution in [1.82, 2.24) is 10.3 Å². The van der Waals surface area contributed by atoms with Crippen LogP contribution >= 0.6 is 11.3 Å². The molecule has 1 heterocycles. The van der Waals surface area contributed by atoms with Crippen LogP contribution < -0.4 is 15.0 Å². The van der Waals surface area contributed by atoms with E-state index in [1.165, 1.54) is 30.3 Å². The second-order valence-corrected chi connectivity index (χ2v) is 10.1. The predicted molar refractivity (Wildman–Crippen MR) is 106 cm³/mol. The lowest BCUT2D eigenvalue weighted by atomic mass is 10.2. The van der Waals surface area contributed by atoms with Crippen LogP contribution in [0.2, 0.25) is 0 Å². The van der Waals surface area contributed by atoms with E-state index in [4.69, 9.17) is 0 Å². The number of halogens is 1. The summed E-state index contributed by atoms with van der Waals surface area (Å²) in [5, 5.41) is 1.59. The molecule has 0 bridgehead atoms. The number of carbonyl (C=O) groups excluding carboxylic acids is 1. The zero-order valence-corrected chi connectivity index (χ0v) is 16.9. The molecule has 0 aliphatic rings. The summed E-state index contributed by atoms with van der Waals surface area (Å²) in [6, 6.07) is 12.7. The van der Waals surface area contributed by atoms with Gasteiger partial charge in [-0.05, 0) is 47.8 Å². The van der Waals surface area contributed by atoms with Crippen LogP contribution in [0.15, 0.2) is 75.1 Å². The van der Waals surface area contributed by atoms with Crippen molar-refractivity contribution in [3.8, 4) is 0 Å². The lowest BCUT2D eigenvalue weighted by Crippen LogP contribution is -2.41. The Bertz CT molecular complexity index is 1230. The lowest BCUT2D eigenvalue weighted by Gasteiger charge is -2.13. The molecule has 0 unspecified atom stereocenters. The fourth-order valence-corrected chi connectivity index (χ4v) is 5.15. The van der Waals surface area contributed by atoms with Crippen LogP contribution in [0.5, 0.6) is 0 Å². The van der Waals surface area contributed by atoms with Crippen LogP contribution in [0, 0.1) is 5.82 Å². The molecular formula is C17H14FN3O5S3. The fraction of sp³-hybridized carbons (Fsp3) is 0. The summed E-state index contributed by atoms with van der Waals surface area (Å²) in [5.41, 5.74) is 1.88. The van der Waals surface area contributed by atoms with Crippen molar-refractivity contribution in [2.24, 2.45) is 0 Å². The standard InChI is InChI=1S/C17H14FN3O5S3/c18-12-7-9-13(10-8-12)28(23,24)21-19-17(22)14-4-1-2-5-15(14)20-29(25,26)16-6-3-11-27-16/h1-11,20-21H,(H,19,22). The van der Waals surface area contributed by atoms with Gasteiger partial charge in [-0.25, -0.2) is 21.2 Å². The number of hydrogen-bond acceptors (Lipinski definition) is 6. The van der Waals surface area contributed by atoms with E-state index in [0.29, 0.717) is 0 Å². The molecule has 152 valence electrons. The second-order valence-electron chi connectivity index (χ2n) is 5.60. The van der Waals surface area contributed by atoms with Crippen LogP contribution in [0.3, 0.4) is 0 Å². The summed E-state index contributed by atoms with van der Waals surface area (Å²) < 4.78 is 64.5. The van der Waals surface area contributed by atoms with Gasteiger partial charge in [0.1, 0.15) is 10.0 Å². The average Bonchev–Trinajstić information content (AvgIpc) is 3.23. The van der Waals surface area contributed by atoms with Gasteiger partial charge in [0.2, 0.25) is 0 Å². The highest BCUT2D eigenvalue weighted by Crippen LogP contribution is 2.22. The molecule has 1 amide bonds. The van der Waals surface area contributed by atoms with E-state index in [1.54, 1.807) is 11.4 Å². The topological polar surface area (TPSA) is 121 Å². The first-order valence-corrected chi connectivity index (χ1v) is 11.8. The molecule has 0 saturated carbocycles. The summed E-state index contributed by atoms with van der Waals surface area (Å²) in [5.74, 6) is -1.50. The van der Waals surface area contributed by atoms with Crippen molar-refractivity contribution in [2.75, 3.05) is 4.72 Å². The van der Waals surface area contributed by atoms with Crippen LogP contribution in [0.4, 0.5) is 10.1 Å². The third-order valence-corrected chi connectivity index (χ3v) is 7.63. The summed E-state index contributed by atoms with van der Waals surface area (Å²) in [4.78, 5) is 14.1. The molecule has 1 aromatic heterocycles. The number of rotatable bonds is 7. The zero-order chi connectivity index (χ0) is 21.1. The maximum Gasteiger partial charge on any atom is 0.271 e. The van der Waals surface area contributed by atoms with E-state index in [0.717, 1.165) is 35.6 Å². The highest BCUT2D eigenvalue weighted by Gasteiger charge is 2.21. The Balaban J connectivity index is 1.77. The van der Waals surface area contributed by atoms with Crippen molar-refractivity contribution in [1.29, 1.82) is 0 Å². The maximum absolute atomic E-state index is 13.0. The highest BCUT2D eigenvalue weighted by molar-refractivity contribution is 7.94. The number of carbonyl (C=O) groups is 1. The van der Waals surface area contributed by atoms with Crippen molar-refractivity contribution in [3.63, 3.8) is 0 Å². The number of hydrazine groups is 1. The van der Waals surface area contributed by atoms with Gasteiger partial charge in [-0.15, -0.1) is 16.2 Å². The molecule has 0 saturated heterocycles. The molecule has 0 radical (unpaired) electrons. The van der Waals surface area contributed by atoms with Crippen molar-refractivity contribution < 1.29 is 26.0 Å². The van der Waals surface area contributed by atoms with E-state index < -0.39 is 31.8 Å². The number of thiophene rings is 1. The van der Waals surface area contributed by atoms with Gasteiger partial charge in [0, 0.05) is 0 Å². The first kappa shape index (κ1) is 20.9. The molecule has 3 rings (SSSR count). The molecule has 8 nitrogen and oxygen atoms in total. The minimum Gasteiger partial charge on any atom is -0.278 e. The van der Waals surface area contributed by atoms with E-state index in [2.05, 4.69) is 4.72 Å². The van der Waals surface area contributed by atoms with Gasteiger partial charge >= 0.3 is 0 Å². The molecule has 0 spiro atoms. The van der Waals surface area contributed by atoms with Gasteiger partial charge in [0.25, 0.3) is 26.0 Å². The van der Waals surface area contributed by atoms with Crippen LogP contribution in [0.25, 0.3) is 0 Å². The van der Waals surface area contributed by atoms with Gasteiger partial charge in [-0.1, -0.05) is 18.2 Å². The number of para-hydroxylation sites is 1. The van der Waals surface area contributed by atoms with Crippen LogP contribution in [0.1, 0.15) is 10.4 Å². The Kier molecular flexibility index (Phi) is 5.98. The Morgan fingerprint density at radius 2 is 1.55 bits per heavy atom. The quantitative estimate of drug-likeness (QED) is 0.472. The normalized spacial score (nSPS) is 11.8. The van der Waals surface area contributed by atoms with Crippen LogP contribution in [-0.2, 0) is 20.0 Å². The van der Waals surface area contributed by atoms with Crippen molar-refractivity contribution in [2.45, 2.75) is 9.10 Å². The Labute approximate surface area is 170 Å². The Morgan fingerprint density at radius 1 is 0.862 bits per heavy atom. The lowest BCUT2D eigenvalue weighted by molar-refractivity contribution is 0.0946. The molecule has 29 heavy (non-hydrogen) atoms. The molecule has 3 aromatic rings. The molecule has 3 N–H and O–H groups in total. The molecular weight excluding hydrogens is 441 g/mol. The van der Waals surface area contributed by atoms with Gasteiger partial charge in [0.15, 0.2) is 0 Å². The minimum absolute atomic E-state index is 0.0284. The average molecular weight is 456 g/mol. The Hall–Kier alpha value is -2.80. The monoisotopic (exact) mass is 455 g/mol. The van der Waals surface area contributed by atoms with Crippen molar-refractivity contribution in [3.05, 3.63) is 77.4 Å². The third-order valence-electron chi connectivity index (χ3n) is 3.60.